The van der Waals surface area contributed by atoms with Crippen molar-refractivity contribution < 1.29 is 14.3 Å². The fourth-order valence-corrected chi connectivity index (χ4v) is 2.60. The van der Waals surface area contributed by atoms with Crippen LogP contribution >= 0.6 is 11.6 Å². The summed E-state index contributed by atoms with van der Waals surface area (Å²) in [6.45, 7) is 1.65. The number of rotatable bonds is 2. The highest BCUT2D eigenvalue weighted by Crippen LogP contribution is 2.29. The van der Waals surface area contributed by atoms with E-state index in [9.17, 15) is 14.7 Å². The van der Waals surface area contributed by atoms with Crippen molar-refractivity contribution in [1.29, 1.82) is 0 Å². The molecule has 0 spiro atoms. The molecule has 2 aromatic carbocycles. The Balaban J connectivity index is 2.46. The van der Waals surface area contributed by atoms with Gasteiger partial charge in [0, 0.05) is 16.1 Å². The number of aromatic carboxylic acids is 1. The van der Waals surface area contributed by atoms with Crippen molar-refractivity contribution in [2.24, 2.45) is 0 Å². The third-order valence-electron chi connectivity index (χ3n) is 3.45. The zero-order valence-corrected chi connectivity index (χ0v) is 12.3. The molecule has 22 heavy (non-hydrogen) atoms. The fourth-order valence-electron chi connectivity index (χ4n) is 2.38. The van der Waals surface area contributed by atoms with Crippen molar-refractivity contribution in [3.8, 4) is 11.3 Å². The first-order valence-corrected chi connectivity index (χ1v) is 6.92. The maximum Gasteiger partial charge on any atom is 0.339 e. The summed E-state index contributed by atoms with van der Waals surface area (Å²) in [4.78, 5) is 23.9. The summed E-state index contributed by atoms with van der Waals surface area (Å²) in [6.07, 6.45) is 0. The zero-order chi connectivity index (χ0) is 15.9. The number of hydrogen-bond acceptors (Lipinski definition) is 3. The van der Waals surface area contributed by atoms with Crippen LogP contribution in [0.4, 0.5) is 0 Å². The second kappa shape index (κ2) is 5.31. The van der Waals surface area contributed by atoms with Crippen molar-refractivity contribution >= 4 is 28.5 Å². The van der Waals surface area contributed by atoms with Gasteiger partial charge in [0.25, 0.3) is 0 Å². The number of benzene rings is 2. The van der Waals surface area contributed by atoms with E-state index in [-0.39, 0.29) is 27.0 Å². The Kier molecular flexibility index (Phi) is 3.47. The number of fused-ring (bicyclic) bond motifs is 1. The molecular weight excluding hydrogens is 304 g/mol. The number of hydrogen-bond donors (Lipinski definition) is 1. The summed E-state index contributed by atoms with van der Waals surface area (Å²) < 4.78 is 5.77. The van der Waals surface area contributed by atoms with E-state index < -0.39 is 5.97 Å². The monoisotopic (exact) mass is 314 g/mol. The molecule has 0 atom stereocenters. The topological polar surface area (TPSA) is 67.5 Å². The second-order valence-electron chi connectivity index (χ2n) is 4.89. The molecule has 0 radical (unpaired) electrons. The average Bonchev–Trinajstić information content (AvgIpc) is 2.51. The standard InChI is InChI=1S/C17H11ClO4/c1-9-14(19)12-7-11(18)8-13(17(20)21)16(12)22-15(9)10-5-3-2-4-6-10/h2-8H,1H3,(H,20,21). The Morgan fingerprint density at radius 1 is 1.18 bits per heavy atom. The summed E-state index contributed by atoms with van der Waals surface area (Å²) in [6, 6.07) is 11.8. The van der Waals surface area contributed by atoms with Gasteiger partial charge in [0.1, 0.15) is 11.3 Å². The summed E-state index contributed by atoms with van der Waals surface area (Å²) in [5.74, 6) is -0.832. The van der Waals surface area contributed by atoms with Crippen LogP contribution in [0.15, 0.2) is 51.7 Å². The molecule has 0 bridgehead atoms. The van der Waals surface area contributed by atoms with Gasteiger partial charge in [-0.15, -0.1) is 0 Å². The van der Waals surface area contributed by atoms with E-state index in [0.717, 1.165) is 0 Å². The molecule has 5 heteroatoms. The van der Waals surface area contributed by atoms with Crippen molar-refractivity contribution in [3.05, 3.63) is 68.8 Å². The summed E-state index contributed by atoms with van der Waals surface area (Å²) in [7, 11) is 0. The van der Waals surface area contributed by atoms with Gasteiger partial charge in [0.05, 0.1) is 5.39 Å². The summed E-state index contributed by atoms with van der Waals surface area (Å²) >= 11 is 5.91. The highest BCUT2D eigenvalue weighted by molar-refractivity contribution is 6.32. The molecule has 1 N–H and O–H groups in total. The summed E-state index contributed by atoms with van der Waals surface area (Å²) in [5, 5.41) is 9.66. The maximum atomic E-state index is 12.5. The van der Waals surface area contributed by atoms with Gasteiger partial charge in [-0.1, -0.05) is 41.9 Å². The van der Waals surface area contributed by atoms with Crippen LogP contribution in [0, 0.1) is 6.92 Å². The molecule has 110 valence electrons. The zero-order valence-electron chi connectivity index (χ0n) is 11.6. The first kappa shape index (κ1) is 14.4. The lowest BCUT2D eigenvalue weighted by Crippen LogP contribution is -2.10. The molecule has 3 rings (SSSR count). The third kappa shape index (κ3) is 2.27. The normalized spacial score (nSPS) is 10.8. The minimum atomic E-state index is -1.20. The van der Waals surface area contributed by atoms with Crippen LogP contribution in [0.1, 0.15) is 15.9 Å². The molecule has 3 aromatic rings. The molecule has 0 saturated heterocycles. The van der Waals surface area contributed by atoms with Crippen LogP contribution in [-0.2, 0) is 0 Å². The number of carboxylic acid groups (broad SMARTS) is 1. The van der Waals surface area contributed by atoms with Crippen molar-refractivity contribution in [1.82, 2.24) is 0 Å². The largest absolute Gasteiger partial charge is 0.478 e. The predicted octanol–water partition coefficient (Wildman–Crippen LogP) is 4.12. The molecule has 0 saturated carbocycles. The van der Waals surface area contributed by atoms with Crippen LogP contribution in [0.5, 0.6) is 0 Å². The fraction of sp³-hybridized carbons (Fsp3) is 0.0588. The summed E-state index contributed by atoms with van der Waals surface area (Å²) in [5.41, 5.74) is 0.746. The van der Waals surface area contributed by atoms with Crippen LogP contribution in [0.2, 0.25) is 5.02 Å². The van der Waals surface area contributed by atoms with Gasteiger partial charge in [-0.05, 0) is 19.1 Å². The molecule has 0 amide bonds. The first-order valence-electron chi connectivity index (χ1n) is 6.54. The number of carbonyl (C=O) groups is 1. The Morgan fingerprint density at radius 3 is 2.50 bits per heavy atom. The molecule has 1 heterocycles. The van der Waals surface area contributed by atoms with Crippen molar-refractivity contribution in [3.63, 3.8) is 0 Å². The van der Waals surface area contributed by atoms with Crippen LogP contribution in [0.3, 0.4) is 0 Å². The highest BCUT2D eigenvalue weighted by Gasteiger charge is 2.19. The molecule has 4 nitrogen and oxygen atoms in total. The third-order valence-corrected chi connectivity index (χ3v) is 3.67. The van der Waals surface area contributed by atoms with Gasteiger partial charge in [-0.2, -0.15) is 0 Å². The van der Waals surface area contributed by atoms with E-state index in [0.29, 0.717) is 16.9 Å². The molecule has 0 unspecified atom stereocenters. The van der Waals surface area contributed by atoms with E-state index in [4.69, 9.17) is 16.0 Å². The number of halogens is 1. The van der Waals surface area contributed by atoms with Crippen molar-refractivity contribution in [2.45, 2.75) is 6.92 Å². The predicted molar refractivity (Wildman–Crippen MR) is 84.6 cm³/mol. The van der Waals surface area contributed by atoms with E-state index in [1.807, 2.05) is 18.2 Å². The Morgan fingerprint density at radius 2 is 1.86 bits per heavy atom. The molecule has 0 aliphatic rings. The smallest absolute Gasteiger partial charge is 0.339 e. The highest BCUT2D eigenvalue weighted by atomic mass is 35.5. The van der Waals surface area contributed by atoms with Gasteiger partial charge in [0.2, 0.25) is 0 Å². The lowest BCUT2D eigenvalue weighted by molar-refractivity contribution is 0.0698. The average molecular weight is 315 g/mol. The SMILES string of the molecule is Cc1c(-c2ccccc2)oc2c(C(=O)O)cc(Cl)cc2c1=O. The van der Waals surface area contributed by atoms with Gasteiger partial charge < -0.3 is 9.52 Å². The van der Waals surface area contributed by atoms with Gasteiger partial charge in [-0.25, -0.2) is 4.79 Å². The second-order valence-corrected chi connectivity index (χ2v) is 5.32. The van der Waals surface area contributed by atoms with E-state index in [1.165, 1.54) is 12.1 Å². The van der Waals surface area contributed by atoms with Crippen LogP contribution < -0.4 is 5.43 Å². The minimum Gasteiger partial charge on any atom is -0.478 e. The van der Waals surface area contributed by atoms with Gasteiger partial charge in [0.15, 0.2) is 11.0 Å². The molecule has 0 aliphatic heterocycles. The molecule has 0 fully saturated rings. The Labute approximate surface area is 130 Å². The minimum absolute atomic E-state index is 0.0337. The Hall–Kier alpha value is -2.59. The van der Waals surface area contributed by atoms with Gasteiger partial charge >= 0.3 is 5.97 Å². The van der Waals surface area contributed by atoms with Gasteiger partial charge in [-0.3, -0.25) is 4.79 Å². The number of carboxylic acids is 1. The van der Waals surface area contributed by atoms with E-state index in [1.54, 1.807) is 19.1 Å². The lowest BCUT2D eigenvalue weighted by Gasteiger charge is -2.09. The lowest BCUT2D eigenvalue weighted by atomic mass is 10.0. The van der Waals surface area contributed by atoms with Crippen molar-refractivity contribution in [2.75, 3.05) is 0 Å². The maximum absolute atomic E-state index is 12.5. The molecular formula is C17H11ClO4. The van der Waals surface area contributed by atoms with E-state index >= 15 is 0 Å². The van der Waals surface area contributed by atoms with E-state index in [2.05, 4.69) is 0 Å². The van der Waals surface area contributed by atoms with Crippen LogP contribution in [0.25, 0.3) is 22.3 Å². The molecule has 1 aromatic heterocycles. The Bertz CT molecular complexity index is 942. The molecule has 0 aliphatic carbocycles. The first-order chi connectivity index (χ1) is 10.5. The van der Waals surface area contributed by atoms with Crippen LogP contribution in [-0.4, -0.2) is 11.1 Å². The quantitative estimate of drug-likeness (QED) is 0.772.